The number of nitrogens with zero attached hydrogens (tertiary/aromatic N) is 4. The van der Waals surface area contributed by atoms with Crippen molar-refractivity contribution < 1.29 is 4.79 Å². The van der Waals surface area contributed by atoms with Gasteiger partial charge in [0.25, 0.3) is 0 Å². The minimum atomic E-state index is 0.0241. The van der Waals surface area contributed by atoms with Crippen molar-refractivity contribution in [2.45, 2.75) is 65.1 Å². The lowest BCUT2D eigenvalue weighted by Gasteiger charge is -2.37. The lowest BCUT2D eigenvalue weighted by molar-refractivity contribution is -0.128. The maximum Gasteiger partial charge on any atom is 0.223 e. The molecular weight excluding hydrogens is 362 g/mol. The summed E-state index contributed by atoms with van der Waals surface area (Å²) in [6, 6.07) is 6.04. The van der Waals surface area contributed by atoms with Crippen molar-refractivity contribution in [2.75, 3.05) is 13.1 Å². The van der Waals surface area contributed by atoms with E-state index in [9.17, 15) is 4.79 Å². The first-order valence-electron chi connectivity index (χ1n) is 11.1. The summed E-state index contributed by atoms with van der Waals surface area (Å²) in [7, 11) is 0. The molecule has 0 radical (unpaired) electrons. The maximum atomic E-state index is 12.7. The van der Waals surface area contributed by atoms with Crippen LogP contribution in [0.25, 0.3) is 0 Å². The Morgan fingerprint density at radius 2 is 2.03 bits per heavy atom. The summed E-state index contributed by atoms with van der Waals surface area (Å²) in [5.74, 6) is 0.862. The molecule has 3 heterocycles. The smallest absolute Gasteiger partial charge is 0.223 e. The van der Waals surface area contributed by atoms with Crippen LogP contribution in [0.3, 0.4) is 0 Å². The van der Waals surface area contributed by atoms with Gasteiger partial charge in [-0.25, -0.2) is 0 Å². The topological polar surface area (TPSA) is 63.1 Å². The van der Waals surface area contributed by atoms with Crippen LogP contribution in [0.4, 0.5) is 0 Å². The summed E-state index contributed by atoms with van der Waals surface area (Å²) < 4.78 is 2.06. The molecule has 1 aliphatic carbocycles. The molecule has 2 fully saturated rings. The van der Waals surface area contributed by atoms with Crippen molar-refractivity contribution in [3.63, 3.8) is 0 Å². The van der Waals surface area contributed by atoms with Crippen molar-refractivity contribution in [3.8, 4) is 0 Å². The second kappa shape index (κ2) is 9.08. The van der Waals surface area contributed by atoms with Crippen LogP contribution in [0, 0.1) is 18.8 Å². The lowest BCUT2D eigenvalue weighted by atomic mass is 9.83. The van der Waals surface area contributed by atoms with Crippen molar-refractivity contribution in [3.05, 3.63) is 47.5 Å². The van der Waals surface area contributed by atoms with Gasteiger partial charge in [0.1, 0.15) is 0 Å². The average molecular weight is 396 g/mol. The number of hydrogen-bond acceptors (Lipinski definition) is 4. The molecule has 1 amide bonds. The highest BCUT2D eigenvalue weighted by Gasteiger charge is 2.33. The number of aryl methyl sites for hydroxylation is 1. The number of likely N-dealkylation sites (tertiary alicyclic amines) is 1. The largest absolute Gasteiger partial charge is 0.347 e. The molecule has 156 valence electrons. The number of hydrogen-bond donors (Lipinski definition) is 1. The van der Waals surface area contributed by atoms with Gasteiger partial charge in [-0.2, -0.15) is 5.10 Å². The highest BCUT2D eigenvalue weighted by atomic mass is 16.2. The Balaban J connectivity index is 1.39. The van der Waals surface area contributed by atoms with Crippen LogP contribution in [-0.4, -0.2) is 38.7 Å². The van der Waals surface area contributed by atoms with Crippen LogP contribution in [0.2, 0.25) is 0 Å². The monoisotopic (exact) mass is 395 g/mol. The van der Waals surface area contributed by atoms with Gasteiger partial charge in [-0.1, -0.05) is 12.5 Å². The molecule has 1 aliphatic heterocycles. The van der Waals surface area contributed by atoms with Crippen molar-refractivity contribution in [2.24, 2.45) is 11.8 Å². The summed E-state index contributed by atoms with van der Waals surface area (Å²) >= 11 is 0. The Hall–Kier alpha value is -2.21. The van der Waals surface area contributed by atoms with Gasteiger partial charge in [-0.3, -0.25) is 19.4 Å². The zero-order valence-corrected chi connectivity index (χ0v) is 17.7. The van der Waals surface area contributed by atoms with Crippen LogP contribution in [0.5, 0.6) is 0 Å². The molecule has 6 heteroatoms. The van der Waals surface area contributed by atoms with Crippen molar-refractivity contribution in [1.82, 2.24) is 25.0 Å². The summed E-state index contributed by atoms with van der Waals surface area (Å²) in [6.45, 7) is 8.26. The molecule has 6 nitrogen and oxygen atoms in total. The molecule has 0 bridgehead atoms. The number of rotatable bonds is 7. The first-order valence-corrected chi connectivity index (χ1v) is 11.1. The number of carbonyl (C=O) groups excluding carboxylic acids is 1. The second-order valence-corrected chi connectivity index (χ2v) is 8.55. The van der Waals surface area contributed by atoms with Gasteiger partial charge in [0, 0.05) is 36.5 Å². The Kier molecular flexibility index (Phi) is 6.28. The number of piperidine rings is 1. The molecule has 2 aromatic heterocycles. The van der Waals surface area contributed by atoms with Crippen LogP contribution in [0.15, 0.2) is 30.6 Å². The van der Waals surface area contributed by atoms with E-state index >= 15 is 0 Å². The molecule has 0 aromatic carbocycles. The molecule has 4 rings (SSSR count). The van der Waals surface area contributed by atoms with Crippen LogP contribution in [0.1, 0.15) is 62.0 Å². The molecular formula is C23H33N5O. The number of aromatic nitrogens is 3. The normalized spacial score (nSPS) is 19.7. The first kappa shape index (κ1) is 20.1. The summed E-state index contributed by atoms with van der Waals surface area (Å²) in [5, 5.41) is 7.84. The molecule has 2 aromatic rings. The summed E-state index contributed by atoms with van der Waals surface area (Å²) in [5.41, 5.74) is 3.59. The van der Waals surface area contributed by atoms with Gasteiger partial charge in [0.05, 0.1) is 17.9 Å². The summed E-state index contributed by atoms with van der Waals surface area (Å²) in [6.07, 6.45) is 9.24. The van der Waals surface area contributed by atoms with E-state index in [-0.39, 0.29) is 17.9 Å². The van der Waals surface area contributed by atoms with Crippen molar-refractivity contribution in [1.29, 1.82) is 0 Å². The molecule has 1 N–H and O–H groups in total. The quantitative estimate of drug-likeness (QED) is 0.780. The zero-order chi connectivity index (χ0) is 20.2. The Labute approximate surface area is 173 Å². The van der Waals surface area contributed by atoms with Gasteiger partial charge in [0.15, 0.2) is 0 Å². The van der Waals surface area contributed by atoms with E-state index in [4.69, 9.17) is 0 Å². The van der Waals surface area contributed by atoms with Crippen molar-refractivity contribution >= 4 is 5.91 Å². The molecule has 29 heavy (non-hydrogen) atoms. The summed E-state index contributed by atoms with van der Waals surface area (Å²) in [4.78, 5) is 19.8. The predicted octanol–water partition coefficient (Wildman–Crippen LogP) is 3.48. The van der Waals surface area contributed by atoms with Crippen LogP contribution >= 0.6 is 0 Å². The Morgan fingerprint density at radius 3 is 2.62 bits per heavy atom. The average Bonchev–Trinajstić information content (AvgIpc) is 3.06. The number of nitrogens with one attached hydrogen (secondary N) is 1. The zero-order valence-electron chi connectivity index (χ0n) is 17.7. The molecule has 1 saturated heterocycles. The molecule has 2 aliphatic rings. The minimum absolute atomic E-state index is 0.0241. The van der Waals surface area contributed by atoms with Gasteiger partial charge < -0.3 is 5.32 Å². The molecule has 1 saturated carbocycles. The van der Waals surface area contributed by atoms with E-state index in [1.807, 2.05) is 24.5 Å². The minimum Gasteiger partial charge on any atom is -0.347 e. The highest BCUT2D eigenvalue weighted by Crippen LogP contribution is 2.33. The number of pyridine rings is 1. The second-order valence-electron chi connectivity index (χ2n) is 8.55. The van der Waals surface area contributed by atoms with E-state index in [0.717, 1.165) is 57.6 Å². The van der Waals surface area contributed by atoms with Gasteiger partial charge >= 0.3 is 0 Å². The number of carbonyl (C=O) groups is 1. The van der Waals surface area contributed by atoms with Gasteiger partial charge in [0.2, 0.25) is 5.91 Å². The van der Waals surface area contributed by atoms with Crippen LogP contribution < -0.4 is 5.32 Å². The fraction of sp³-hybridized carbons (Fsp3) is 0.609. The maximum absolute atomic E-state index is 12.7. The predicted molar refractivity (Wildman–Crippen MR) is 113 cm³/mol. The molecule has 1 atom stereocenters. The fourth-order valence-electron chi connectivity index (χ4n) is 4.58. The van der Waals surface area contributed by atoms with E-state index in [0.29, 0.717) is 5.92 Å². The van der Waals surface area contributed by atoms with Gasteiger partial charge in [-0.15, -0.1) is 0 Å². The third kappa shape index (κ3) is 4.53. The third-order valence-electron chi connectivity index (χ3n) is 6.78. The third-order valence-corrected chi connectivity index (χ3v) is 6.78. The van der Waals surface area contributed by atoms with E-state index in [2.05, 4.69) is 44.9 Å². The molecule has 0 spiro atoms. The van der Waals surface area contributed by atoms with E-state index in [1.165, 1.54) is 17.7 Å². The number of amides is 1. The van der Waals surface area contributed by atoms with Crippen LogP contribution in [-0.2, 0) is 17.9 Å². The van der Waals surface area contributed by atoms with Gasteiger partial charge in [-0.05, 0) is 70.7 Å². The Morgan fingerprint density at radius 1 is 1.24 bits per heavy atom. The fourth-order valence-corrected chi connectivity index (χ4v) is 4.58. The lowest BCUT2D eigenvalue weighted by Crippen LogP contribution is -2.43. The standard InChI is InChI=1S/C23H33N5O/c1-3-28-17(2)20(15-25-28)16-27-13-10-18(11-14-27)22(21-9-4-5-12-24-21)26-23(29)19-7-6-8-19/h4-5,9,12,15,18-19,22H,3,6-8,10-11,13-14,16H2,1-2H3,(H,26,29)/t22-/m1/s1. The van der Waals surface area contributed by atoms with E-state index in [1.54, 1.807) is 0 Å². The highest BCUT2D eigenvalue weighted by molar-refractivity contribution is 5.79. The molecule has 0 unspecified atom stereocenters. The Bertz CT molecular complexity index is 806. The van der Waals surface area contributed by atoms with E-state index < -0.39 is 0 Å². The SMILES string of the molecule is CCn1ncc(CN2CCC([C@@H](NC(=O)C3CCC3)c3ccccn3)CC2)c1C. The first-order chi connectivity index (χ1) is 14.2.